The molecule has 1 amide bonds. The fourth-order valence-corrected chi connectivity index (χ4v) is 4.59. The van der Waals surface area contributed by atoms with Crippen LogP contribution in [-0.4, -0.2) is 31.8 Å². The minimum atomic E-state index is -0.712. The lowest BCUT2D eigenvalue weighted by molar-refractivity contribution is -0.125. The van der Waals surface area contributed by atoms with Gasteiger partial charge in [0.2, 0.25) is 5.91 Å². The van der Waals surface area contributed by atoms with Crippen LogP contribution >= 0.6 is 46.4 Å². The van der Waals surface area contributed by atoms with Gasteiger partial charge in [-0.2, -0.15) is 0 Å². The van der Waals surface area contributed by atoms with E-state index in [9.17, 15) is 4.79 Å². The van der Waals surface area contributed by atoms with E-state index in [2.05, 4.69) is 15.4 Å². The summed E-state index contributed by atoms with van der Waals surface area (Å²) in [6, 6.07) is 9.28. The van der Waals surface area contributed by atoms with Crippen molar-refractivity contribution in [3.05, 3.63) is 61.5 Å². The normalized spacial score (nSPS) is 21.1. The number of amides is 1. The van der Waals surface area contributed by atoms with Crippen molar-refractivity contribution in [1.82, 2.24) is 5.32 Å². The fraction of sp³-hybridized carbons (Fsp3) is 0.333. The van der Waals surface area contributed by atoms with Crippen LogP contribution in [-0.2, 0) is 15.2 Å². The fourth-order valence-electron chi connectivity index (χ4n) is 3.70. The average Bonchev–Trinajstić information content (AvgIpc) is 3.09. The number of nitrogens with zero attached hydrogens (tertiary/aromatic N) is 2. The molecule has 0 aliphatic carbocycles. The number of carbonyl (C=O) groups excluding carboxylic acids is 1. The highest BCUT2D eigenvalue weighted by Crippen LogP contribution is 2.42. The molecule has 158 valence electrons. The van der Waals surface area contributed by atoms with Gasteiger partial charge in [0.1, 0.15) is 0 Å². The molecule has 2 aliphatic heterocycles. The summed E-state index contributed by atoms with van der Waals surface area (Å²) in [7, 11) is 1.65. The molecule has 2 aliphatic rings. The van der Waals surface area contributed by atoms with E-state index < -0.39 is 5.60 Å². The molecule has 1 fully saturated rings. The van der Waals surface area contributed by atoms with Gasteiger partial charge in [-0.05, 0) is 31.2 Å². The van der Waals surface area contributed by atoms with Gasteiger partial charge < -0.3 is 15.1 Å². The molecule has 2 aromatic rings. The summed E-state index contributed by atoms with van der Waals surface area (Å²) >= 11 is 25.0. The van der Waals surface area contributed by atoms with E-state index in [1.165, 1.54) is 0 Å². The van der Waals surface area contributed by atoms with Gasteiger partial charge in [0.05, 0.1) is 37.4 Å². The number of hydrogen-bond acceptors (Lipinski definition) is 4. The summed E-state index contributed by atoms with van der Waals surface area (Å²) in [5.74, 6) is 0.0511. The summed E-state index contributed by atoms with van der Waals surface area (Å²) < 4.78 is 0. The highest BCUT2D eigenvalue weighted by Gasteiger charge is 2.38. The zero-order chi connectivity index (χ0) is 21.6. The third kappa shape index (κ3) is 3.84. The van der Waals surface area contributed by atoms with Gasteiger partial charge in [-0.25, -0.2) is 0 Å². The van der Waals surface area contributed by atoms with Gasteiger partial charge >= 0.3 is 0 Å². The first-order chi connectivity index (χ1) is 14.2. The number of anilines is 1. The van der Waals surface area contributed by atoms with Gasteiger partial charge in [-0.1, -0.05) is 57.6 Å². The second kappa shape index (κ2) is 8.12. The van der Waals surface area contributed by atoms with Gasteiger partial charge in [0.15, 0.2) is 5.60 Å². The van der Waals surface area contributed by atoms with Crippen molar-refractivity contribution in [2.24, 2.45) is 11.1 Å². The Balaban J connectivity index is 1.50. The summed E-state index contributed by atoms with van der Waals surface area (Å²) in [5.41, 5.74) is 2.64. The van der Waals surface area contributed by atoms with Gasteiger partial charge in [-0.15, -0.1) is 0 Å². The molecule has 30 heavy (non-hydrogen) atoms. The molecular weight excluding hydrogens is 468 g/mol. The van der Waals surface area contributed by atoms with Crippen LogP contribution < -0.4 is 10.2 Å². The second-order valence-electron chi connectivity index (χ2n) is 7.67. The van der Waals surface area contributed by atoms with Gasteiger partial charge in [-0.3, -0.25) is 4.79 Å². The molecule has 2 heterocycles. The maximum absolute atomic E-state index is 11.7. The number of nitrogens with one attached hydrogen (secondary N) is 1. The second-order valence-corrected chi connectivity index (χ2v) is 9.27. The molecule has 1 saturated heterocycles. The molecule has 0 saturated carbocycles. The first-order valence-corrected chi connectivity index (χ1v) is 10.9. The monoisotopic (exact) mass is 485 g/mol. The Kier molecular flexibility index (Phi) is 5.84. The van der Waals surface area contributed by atoms with Crippen molar-refractivity contribution in [3.8, 4) is 0 Å². The number of oxime groups is 1. The van der Waals surface area contributed by atoms with Crippen molar-refractivity contribution in [2.75, 3.05) is 25.0 Å². The van der Waals surface area contributed by atoms with Crippen molar-refractivity contribution in [3.63, 3.8) is 0 Å². The van der Waals surface area contributed by atoms with Crippen molar-refractivity contribution in [1.29, 1.82) is 0 Å². The van der Waals surface area contributed by atoms with Crippen molar-refractivity contribution < 1.29 is 9.63 Å². The van der Waals surface area contributed by atoms with Crippen LogP contribution in [0.15, 0.2) is 35.5 Å². The predicted octanol–water partition coefficient (Wildman–Crippen LogP) is 5.52. The molecular formula is C21H19Cl4N3O2. The number of halogens is 4. The van der Waals surface area contributed by atoms with Crippen LogP contribution in [0.5, 0.6) is 0 Å². The van der Waals surface area contributed by atoms with E-state index >= 15 is 0 Å². The molecule has 1 unspecified atom stereocenters. The molecule has 1 atom stereocenters. The molecule has 0 spiro atoms. The molecule has 2 aromatic carbocycles. The lowest BCUT2D eigenvalue weighted by Gasteiger charge is -2.40. The highest BCUT2D eigenvalue weighted by atomic mass is 35.5. The van der Waals surface area contributed by atoms with Crippen LogP contribution in [0.1, 0.15) is 24.5 Å². The molecule has 0 radical (unpaired) electrons. The first-order valence-electron chi connectivity index (χ1n) is 9.38. The Morgan fingerprint density at radius 1 is 1.13 bits per heavy atom. The summed E-state index contributed by atoms with van der Waals surface area (Å²) in [6.07, 6.45) is 0.527. The zero-order valence-corrected chi connectivity index (χ0v) is 19.3. The van der Waals surface area contributed by atoms with Crippen LogP contribution in [0.3, 0.4) is 0 Å². The van der Waals surface area contributed by atoms with E-state index in [0.717, 1.165) is 22.5 Å². The maximum atomic E-state index is 11.7. The average molecular weight is 487 g/mol. The van der Waals surface area contributed by atoms with E-state index in [0.29, 0.717) is 39.6 Å². The Bertz CT molecular complexity index is 1030. The largest absolute Gasteiger partial charge is 0.384 e. The van der Waals surface area contributed by atoms with Gasteiger partial charge in [0, 0.05) is 37.7 Å². The van der Waals surface area contributed by atoms with E-state index in [1.807, 2.05) is 25.1 Å². The van der Waals surface area contributed by atoms with Crippen LogP contribution in [0, 0.1) is 5.92 Å². The third-order valence-electron chi connectivity index (χ3n) is 5.58. The summed E-state index contributed by atoms with van der Waals surface area (Å²) in [6.45, 7) is 3.23. The van der Waals surface area contributed by atoms with Crippen LogP contribution in [0.2, 0.25) is 20.1 Å². The van der Waals surface area contributed by atoms with Crippen LogP contribution in [0.4, 0.5) is 5.69 Å². The van der Waals surface area contributed by atoms with E-state index in [-0.39, 0.29) is 11.8 Å². The number of hydrogen-bond donors (Lipinski definition) is 1. The Labute approximate surface area is 194 Å². The molecule has 0 aromatic heterocycles. The predicted molar refractivity (Wildman–Crippen MR) is 122 cm³/mol. The van der Waals surface area contributed by atoms with Crippen molar-refractivity contribution >= 4 is 63.7 Å². The quantitative estimate of drug-likeness (QED) is 0.578. The Morgan fingerprint density at radius 2 is 1.80 bits per heavy atom. The molecule has 5 nitrogen and oxygen atoms in total. The number of carbonyl (C=O) groups is 1. The number of benzene rings is 2. The molecule has 1 N–H and O–H groups in total. The first kappa shape index (κ1) is 21.6. The third-order valence-corrected chi connectivity index (χ3v) is 7.08. The minimum absolute atomic E-state index is 0.00270. The minimum Gasteiger partial charge on any atom is -0.384 e. The topological polar surface area (TPSA) is 53.9 Å². The maximum Gasteiger partial charge on any atom is 0.226 e. The smallest absolute Gasteiger partial charge is 0.226 e. The molecule has 0 bridgehead atoms. The van der Waals surface area contributed by atoms with Crippen molar-refractivity contribution in [2.45, 2.75) is 18.9 Å². The zero-order valence-electron chi connectivity index (χ0n) is 16.3. The Hall–Kier alpha value is -1.66. The number of rotatable bonds is 4. The molecule has 4 rings (SSSR count). The highest BCUT2D eigenvalue weighted by molar-refractivity contribution is 6.48. The SMILES string of the molecule is CNC(=O)C1CN(c2ccc(C3=NOC(C)(c4cc(Cl)c(Cl)c(Cl)c4)C3)cc2Cl)C1. The van der Waals surface area contributed by atoms with E-state index in [1.54, 1.807) is 19.2 Å². The van der Waals surface area contributed by atoms with Gasteiger partial charge in [0.25, 0.3) is 0 Å². The Morgan fingerprint density at radius 3 is 2.40 bits per heavy atom. The van der Waals surface area contributed by atoms with Crippen LogP contribution in [0.25, 0.3) is 0 Å². The summed E-state index contributed by atoms with van der Waals surface area (Å²) in [4.78, 5) is 19.6. The summed E-state index contributed by atoms with van der Waals surface area (Å²) in [5, 5.41) is 8.63. The molecule has 9 heteroatoms. The van der Waals surface area contributed by atoms with E-state index in [4.69, 9.17) is 51.2 Å². The standard InChI is InChI=1S/C21H19Cl4N3O2/c1-21(13-6-15(23)19(25)16(24)7-13)8-17(27-30-21)11-3-4-18(14(22)5-11)28-9-12(10-28)20(29)26-2/h3-7,12H,8-10H2,1-2H3,(H,26,29). The lowest BCUT2D eigenvalue weighted by Crippen LogP contribution is -2.53. The lowest BCUT2D eigenvalue weighted by atomic mass is 9.89.